The van der Waals surface area contributed by atoms with Crippen molar-refractivity contribution in [1.29, 1.82) is 0 Å². The molecular weight excluding hydrogens is 361 g/mol. The number of aliphatic hydroxyl groups is 2. The molecule has 0 saturated carbocycles. The molecule has 0 aromatic heterocycles. The molecule has 3 N–H and O–H groups in total. The molecule has 0 fully saturated rings. The van der Waals surface area contributed by atoms with Crippen molar-refractivity contribution >= 4 is 11.6 Å². The number of carbonyl (C=O) groups excluding carboxylic acids is 1. The lowest BCUT2D eigenvalue weighted by atomic mass is 9.92. The highest BCUT2D eigenvalue weighted by molar-refractivity contribution is 5.93. The number of carbonyl (C=O) groups is 1. The number of hydrogen-bond acceptors (Lipinski definition) is 4. The number of aliphatic hydroxyl groups excluding tert-OH is 2. The fourth-order valence-electron chi connectivity index (χ4n) is 3.14. The van der Waals surface area contributed by atoms with E-state index in [2.05, 4.69) is 33.0 Å². The third-order valence-corrected chi connectivity index (χ3v) is 4.53. The van der Waals surface area contributed by atoms with Gasteiger partial charge in [-0.1, -0.05) is 45.9 Å². The molecule has 1 amide bonds. The standard InChI is InChI=1S/C22H28FNO4/c1-13(2)18-6-5-7-19(14(3)4)21(18)24-20(27)12-28-22-15(10-25)8-17(23)9-16(22)11-26/h5-9,13-14,25-26H,10-12H2,1-4H3,(H,24,27). The van der Waals surface area contributed by atoms with Gasteiger partial charge in [0.1, 0.15) is 11.6 Å². The smallest absolute Gasteiger partial charge is 0.262 e. The predicted octanol–water partition coefficient (Wildman–Crippen LogP) is 4.07. The van der Waals surface area contributed by atoms with Gasteiger partial charge in [-0.25, -0.2) is 4.39 Å². The van der Waals surface area contributed by atoms with E-state index in [-0.39, 0.29) is 41.2 Å². The van der Waals surface area contributed by atoms with Gasteiger partial charge in [-0.2, -0.15) is 0 Å². The minimum absolute atomic E-state index is 0.128. The Hall–Kier alpha value is -2.44. The molecule has 2 aromatic rings. The van der Waals surface area contributed by atoms with Crippen molar-refractivity contribution < 1.29 is 24.1 Å². The van der Waals surface area contributed by atoms with Crippen LogP contribution in [0.2, 0.25) is 0 Å². The number of anilines is 1. The predicted molar refractivity (Wildman–Crippen MR) is 107 cm³/mol. The van der Waals surface area contributed by atoms with E-state index in [0.717, 1.165) is 28.9 Å². The van der Waals surface area contributed by atoms with Gasteiger partial charge in [-0.05, 0) is 35.1 Å². The van der Waals surface area contributed by atoms with Gasteiger partial charge < -0.3 is 20.3 Å². The normalized spacial score (nSPS) is 11.2. The molecule has 0 atom stereocenters. The minimum Gasteiger partial charge on any atom is -0.483 e. The first-order valence-corrected chi connectivity index (χ1v) is 9.36. The zero-order valence-electron chi connectivity index (χ0n) is 16.8. The van der Waals surface area contributed by atoms with Crippen LogP contribution in [-0.4, -0.2) is 22.7 Å². The molecule has 0 aliphatic heterocycles. The SMILES string of the molecule is CC(C)c1cccc(C(C)C)c1NC(=O)COc1c(CO)cc(F)cc1CO. The highest BCUT2D eigenvalue weighted by Crippen LogP contribution is 2.32. The molecule has 0 heterocycles. The Labute approximate surface area is 165 Å². The molecule has 2 rings (SSSR count). The van der Waals surface area contributed by atoms with Crippen LogP contribution in [0.15, 0.2) is 30.3 Å². The second kappa shape index (κ2) is 9.66. The van der Waals surface area contributed by atoms with Gasteiger partial charge in [-0.3, -0.25) is 4.79 Å². The summed E-state index contributed by atoms with van der Waals surface area (Å²) in [6.07, 6.45) is 0. The van der Waals surface area contributed by atoms with Gasteiger partial charge in [0.15, 0.2) is 6.61 Å². The third-order valence-electron chi connectivity index (χ3n) is 4.53. The molecule has 152 valence electrons. The summed E-state index contributed by atoms with van der Waals surface area (Å²) in [5, 5.41) is 21.8. The molecule has 28 heavy (non-hydrogen) atoms. The van der Waals surface area contributed by atoms with Gasteiger partial charge in [0, 0.05) is 16.8 Å². The molecular formula is C22H28FNO4. The molecule has 0 aliphatic carbocycles. The second-order valence-electron chi connectivity index (χ2n) is 7.33. The van der Waals surface area contributed by atoms with Crippen LogP contribution in [0.4, 0.5) is 10.1 Å². The lowest BCUT2D eigenvalue weighted by molar-refractivity contribution is -0.118. The second-order valence-corrected chi connectivity index (χ2v) is 7.33. The number of rotatable bonds is 8. The lowest BCUT2D eigenvalue weighted by Crippen LogP contribution is -2.23. The van der Waals surface area contributed by atoms with Crippen molar-refractivity contribution in [2.24, 2.45) is 0 Å². The third kappa shape index (κ3) is 5.09. The molecule has 0 spiro atoms. The van der Waals surface area contributed by atoms with Crippen LogP contribution in [0, 0.1) is 5.82 Å². The van der Waals surface area contributed by atoms with E-state index in [1.54, 1.807) is 0 Å². The van der Waals surface area contributed by atoms with Gasteiger partial charge in [0.05, 0.1) is 13.2 Å². The molecule has 0 aliphatic rings. The summed E-state index contributed by atoms with van der Waals surface area (Å²) in [5.41, 5.74) is 3.22. The van der Waals surface area contributed by atoms with E-state index >= 15 is 0 Å². The zero-order chi connectivity index (χ0) is 20.8. The lowest BCUT2D eigenvalue weighted by Gasteiger charge is -2.20. The van der Waals surface area contributed by atoms with Crippen molar-refractivity contribution in [3.63, 3.8) is 0 Å². The van der Waals surface area contributed by atoms with Crippen LogP contribution >= 0.6 is 0 Å². The molecule has 0 radical (unpaired) electrons. The number of halogens is 1. The van der Waals surface area contributed by atoms with Crippen molar-refractivity contribution in [1.82, 2.24) is 0 Å². The van der Waals surface area contributed by atoms with Gasteiger partial charge in [0.2, 0.25) is 0 Å². The van der Waals surface area contributed by atoms with E-state index in [4.69, 9.17) is 4.74 Å². The Morgan fingerprint density at radius 1 is 1.04 bits per heavy atom. The summed E-state index contributed by atoms with van der Waals surface area (Å²) in [5.74, 6) is -0.366. The number of para-hydroxylation sites is 1. The summed E-state index contributed by atoms with van der Waals surface area (Å²) in [4.78, 5) is 12.6. The molecule has 2 aromatic carbocycles. The minimum atomic E-state index is -0.586. The van der Waals surface area contributed by atoms with Crippen molar-refractivity contribution in [3.05, 3.63) is 58.4 Å². The number of benzene rings is 2. The highest BCUT2D eigenvalue weighted by Gasteiger charge is 2.18. The average Bonchev–Trinajstić information content (AvgIpc) is 2.65. The van der Waals surface area contributed by atoms with Crippen molar-refractivity contribution in [2.45, 2.75) is 52.7 Å². The Morgan fingerprint density at radius 3 is 1.96 bits per heavy atom. The topological polar surface area (TPSA) is 78.8 Å². The maximum Gasteiger partial charge on any atom is 0.262 e. The van der Waals surface area contributed by atoms with Crippen molar-refractivity contribution in [3.8, 4) is 5.75 Å². The monoisotopic (exact) mass is 389 g/mol. The first-order valence-electron chi connectivity index (χ1n) is 9.36. The quantitative estimate of drug-likeness (QED) is 0.636. The Bertz CT molecular complexity index is 782. The van der Waals surface area contributed by atoms with Crippen LogP contribution in [0.3, 0.4) is 0 Å². The Kier molecular flexibility index (Phi) is 7.54. The maximum absolute atomic E-state index is 13.6. The Morgan fingerprint density at radius 2 is 1.54 bits per heavy atom. The largest absolute Gasteiger partial charge is 0.483 e. The van der Waals surface area contributed by atoms with Gasteiger partial charge in [-0.15, -0.1) is 0 Å². The summed E-state index contributed by atoms with van der Waals surface area (Å²) in [7, 11) is 0. The van der Waals surface area contributed by atoms with Gasteiger partial charge in [0.25, 0.3) is 5.91 Å². The molecule has 5 nitrogen and oxygen atoms in total. The number of nitrogens with one attached hydrogen (secondary N) is 1. The highest BCUT2D eigenvalue weighted by atomic mass is 19.1. The van der Waals surface area contributed by atoms with Crippen LogP contribution in [0.5, 0.6) is 5.75 Å². The van der Waals surface area contributed by atoms with Crippen molar-refractivity contribution in [2.75, 3.05) is 11.9 Å². The average molecular weight is 389 g/mol. The molecule has 0 bridgehead atoms. The summed E-state index contributed by atoms with van der Waals surface area (Å²) < 4.78 is 19.1. The van der Waals surface area contributed by atoms with E-state index in [0.29, 0.717) is 0 Å². The number of hydrogen-bond donors (Lipinski definition) is 3. The first-order chi connectivity index (χ1) is 13.3. The molecule has 6 heteroatoms. The summed E-state index contributed by atoms with van der Waals surface area (Å²) in [6.45, 7) is 6.99. The number of ether oxygens (including phenoxy) is 1. The summed E-state index contributed by atoms with van der Waals surface area (Å²) in [6, 6.07) is 8.20. The zero-order valence-corrected chi connectivity index (χ0v) is 16.8. The van der Waals surface area contributed by atoms with Crippen LogP contribution < -0.4 is 10.1 Å². The van der Waals surface area contributed by atoms with Crippen LogP contribution in [0.1, 0.15) is 61.8 Å². The van der Waals surface area contributed by atoms with E-state index in [9.17, 15) is 19.4 Å². The fourth-order valence-corrected chi connectivity index (χ4v) is 3.14. The van der Waals surface area contributed by atoms with E-state index in [1.807, 2.05) is 18.2 Å². The summed E-state index contributed by atoms with van der Waals surface area (Å²) >= 11 is 0. The maximum atomic E-state index is 13.6. The van der Waals surface area contributed by atoms with E-state index < -0.39 is 19.0 Å². The first kappa shape index (κ1) is 21.9. The fraction of sp³-hybridized carbons (Fsp3) is 0.409. The molecule has 0 unspecified atom stereocenters. The number of amides is 1. The molecule has 0 saturated heterocycles. The van der Waals surface area contributed by atoms with Crippen LogP contribution in [-0.2, 0) is 18.0 Å². The Balaban J connectivity index is 2.23. The van der Waals surface area contributed by atoms with Crippen LogP contribution in [0.25, 0.3) is 0 Å². The van der Waals surface area contributed by atoms with E-state index in [1.165, 1.54) is 0 Å². The van der Waals surface area contributed by atoms with Gasteiger partial charge >= 0.3 is 0 Å².